The van der Waals surface area contributed by atoms with E-state index in [-0.39, 0.29) is 23.1 Å². The van der Waals surface area contributed by atoms with E-state index in [0.717, 1.165) is 16.7 Å². The van der Waals surface area contributed by atoms with Gasteiger partial charge >= 0.3 is 0 Å². The Kier molecular flexibility index (Phi) is 8.31. The molecule has 0 spiro atoms. The number of fused-ring (bicyclic) bond motifs is 1. The first-order valence-electron chi connectivity index (χ1n) is 13.2. The summed E-state index contributed by atoms with van der Waals surface area (Å²) >= 11 is 12.9. The van der Waals surface area contributed by atoms with E-state index >= 15 is 0 Å². The number of nitrogens with zero attached hydrogens (tertiary/aromatic N) is 5. The van der Waals surface area contributed by atoms with Crippen molar-refractivity contribution in [3.05, 3.63) is 82.5 Å². The number of rotatable bonds is 8. The predicted molar refractivity (Wildman–Crippen MR) is 159 cm³/mol. The van der Waals surface area contributed by atoms with Crippen LogP contribution in [0.2, 0.25) is 5.02 Å². The molecular formula is C30H24Cl2F2N6O3. The molecule has 0 atom stereocenters. The van der Waals surface area contributed by atoms with Crippen LogP contribution >= 0.6 is 23.2 Å². The number of aromatic nitrogens is 5. The minimum atomic E-state index is -2.87. The second kappa shape index (κ2) is 12.3. The summed E-state index contributed by atoms with van der Waals surface area (Å²) in [6.45, 7) is 2.83. The molecule has 3 aromatic heterocycles. The van der Waals surface area contributed by atoms with Crippen LogP contribution in [0.5, 0.6) is 5.88 Å². The molecule has 1 fully saturated rings. The Hall–Kier alpha value is -4.03. The molecule has 220 valence electrons. The molecular weight excluding hydrogens is 601 g/mol. The Labute approximate surface area is 255 Å². The third kappa shape index (κ3) is 5.68. The second-order valence-corrected chi connectivity index (χ2v) is 10.2. The van der Waals surface area contributed by atoms with Gasteiger partial charge in [-0.05, 0) is 35.7 Å². The van der Waals surface area contributed by atoms with Gasteiger partial charge in [-0.2, -0.15) is 0 Å². The summed E-state index contributed by atoms with van der Waals surface area (Å²) < 4.78 is 44.0. The van der Waals surface area contributed by atoms with Crippen LogP contribution in [0, 0.1) is 6.92 Å². The molecule has 43 heavy (non-hydrogen) atoms. The van der Waals surface area contributed by atoms with Crippen LogP contribution in [-0.4, -0.2) is 45.2 Å². The highest BCUT2D eigenvalue weighted by Crippen LogP contribution is 2.40. The monoisotopic (exact) mass is 624 g/mol. The summed E-state index contributed by atoms with van der Waals surface area (Å²) in [5, 5.41) is 3.63. The fraction of sp³-hybridized carbons (Fsp3) is 0.233. The van der Waals surface area contributed by atoms with Crippen molar-refractivity contribution in [3.8, 4) is 28.3 Å². The zero-order chi connectivity index (χ0) is 30.1. The van der Waals surface area contributed by atoms with Crippen LogP contribution in [0.3, 0.4) is 0 Å². The van der Waals surface area contributed by atoms with Gasteiger partial charge in [-0.15, -0.1) is 11.6 Å². The van der Waals surface area contributed by atoms with Gasteiger partial charge in [0.2, 0.25) is 12.2 Å². The van der Waals surface area contributed by atoms with Gasteiger partial charge in [-0.1, -0.05) is 41.9 Å². The number of alkyl halides is 3. The maximum atomic E-state index is 13.7. The van der Waals surface area contributed by atoms with Crippen molar-refractivity contribution in [1.82, 2.24) is 24.9 Å². The molecule has 0 saturated carbocycles. The zero-order valence-corrected chi connectivity index (χ0v) is 24.5. The van der Waals surface area contributed by atoms with Crippen LogP contribution < -0.4 is 10.1 Å². The van der Waals surface area contributed by atoms with Gasteiger partial charge in [0.1, 0.15) is 5.52 Å². The number of pyridine rings is 1. The highest BCUT2D eigenvalue weighted by molar-refractivity contribution is 6.36. The van der Waals surface area contributed by atoms with Gasteiger partial charge in [0.05, 0.1) is 42.8 Å². The van der Waals surface area contributed by atoms with Crippen LogP contribution in [-0.2, 0) is 15.4 Å². The smallest absolute Gasteiger partial charge is 0.297 e. The molecule has 5 aromatic rings. The lowest BCUT2D eigenvalue weighted by Gasteiger charge is -2.17. The summed E-state index contributed by atoms with van der Waals surface area (Å²) in [5.74, 6) is -0.00632. The fourth-order valence-electron chi connectivity index (χ4n) is 4.80. The number of methoxy groups -OCH3 is 1. The third-order valence-electron chi connectivity index (χ3n) is 6.92. The predicted octanol–water partition coefficient (Wildman–Crippen LogP) is 7.58. The van der Waals surface area contributed by atoms with E-state index in [2.05, 4.69) is 30.2 Å². The molecule has 0 unspecified atom stereocenters. The quantitative estimate of drug-likeness (QED) is 0.175. The van der Waals surface area contributed by atoms with Crippen LogP contribution in [0.1, 0.15) is 35.4 Å². The van der Waals surface area contributed by atoms with E-state index in [4.69, 9.17) is 37.4 Å². The Morgan fingerprint density at radius 1 is 1.00 bits per heavy atom. The maximum absolute atomic E-state index is 13.7. The summed E-state index contributed by atoms with van der Waals surface area (Å²) in [5.41, 5.74) is 5.84. The molecule has 6 rings (SSSR count). The molecule has 1 N–H and O–H groups in total. The Bertz CT molecular complexity index is 1820. The molecule has 1 aliphatic rings. The van der Waals surface area contributed by atoms with Crippen molar-refractivity contribution >= 4 is 45.7 Å². The third-order valence-corrected chi connectivity index (χ3v) is 7.63. The van der Waals surface area contributed by atoms with Crippen LogP contribution in [0.25, 0.3) is 33.4 Å². The number of hydrogen-bond acceptors (Lipinski definition) is 9. The molecule has 4 heterocycles. The van der Waals surface area contributed by atoms with Crippen molar-refractivity contribution in [2.24, 2.45) is 0 Å². The van der Waals surface area contributed by atoms with Gasteiger partial charge < -0.3 is 19.5 Å². The minimum Gasteiger partial charge on any atom is -0.480 e. The number of benzene rings is 2. The van der Waals surface area contributed by atoms with E-state index < -0.39 is 18.5 Å². The lowest BCUT2D eigenvalue weighted by molar-refractivity contribution is -0.0491. The molecule has 1 aliphatic heterocycles. The average Bonchev–Trinajstić information content (AvgIpc) is 3.56. The Morgan fingerprint density at radius 2 is 1.74 bits per heavy atom. The van der Waals surface area contributed by atoms with Crippen molar-refractivity contribution in [1.29, 1.82) is 0 Å². The van der Waals surface area contributed by atoms with Crippen molar-refractivity contribution < 1.29 is 23.0 Å². The lowest BCUT2D eigenvalue weighted by atomic mass is 9.96. The molecule has 0 radical (unpaired) electrons. The van der Waals surface area contributed by atoms with Gasteiger partial charge in [0.15, 0.2) is 17.3 Å². The Morgan fingerprint density at radius 3 is 2.49 bits per heavy atom. The molecule has 13 heteroatoms. The van der Waals surface area contributed by atoms with E-state index in [1.807, 2.05) is 43.3 Å². The molecule has 9 nitrogen and oxygen atoms in total. The first-order valence-corrected chi connectivity index (χ1v) is 14.1. The summed E-state index contributed by atoms with van der Waals surface area (Å²) in [6.07, 6.45) is -0.342. The first kappa shape index (κ1) is 29.1. The molecule has 2 aromatic carbocycles. The lowest BCUT2D eigenvalue weighted by Crippen LogP contribution is -2.06. The van der Waals surface area contributed by atoms with E-state index in [0.29, 0.717) is 52.0 Å². The fourth-order valence-corrected chi connectivity index (χ4v) is 5.27. The van der Waals surface area contributed by atoms with Crippen molar-refractivity contribution in [2.45, 2.75) is 25.5 Å². The first-order chi connectivity index (χ1) is 20.9. The minimum absolute atomic E-state index is 0.152. The summed E-state index contributed by atoms with van der Waals surface area (Å²) in [7, 11) is 1.50. The molecule has 0 bridgehead atoms. The highest BCUT2D eigenvalue weighted by Gasteiger charge is 2.26. The van der Waals surface area contributed by atoms with Gasteiger partial charge in [-0.25, -0.2) is 28.7 Å². The van der Waals surface area contributed by atoms with E-state index in [1.54, 1.807) is 18.5 Å². The molecule has 0 amide bonds. The number of ether oxygens (including phenoxy) is 3. The second-order valence-electron chi connectivity index (χ2n) is 9.57. The standard InChI is InChI=1S/C30H24Cl2F2N6O3/c1-15-17(5-4-8-20(15)37-27-24-21(11-16(12-31)13-35-24)38-28(40-27)26(33)34)18-6-3-7-19(23(18)32)22-14-36-25(29(39-22)41-2)30-42-9-10-43-30/h3-8,11,13-14,26,30H,9-10,12H2,1-2H3,(H,37,38,40). The number of nitrogens with one attached hydrogen (secondary N) is 1. The van der Waals surface area contributed by atoms with Gasteiger partial charge in [0.25, 0.3) is 6.43 Å². The maximum Gasteiger partial charge on any atom is 0.297 e. The number of hydrogen-bond donors (Lipinski definition) is 1. The molecule has 1 saturated heterocycles. The van der Waals surface area contributed by atoms with Crippen LogP contribution in [0.4, 0.5) is 20.3 Å². The van der Waals surface area contributed by atoms with Gasteiger partial charge in [-0.3, -0.25) is 4.98 Å². The van der Waals surface area contributed by atoms with Crippen molar-refractivity contribution in [3.63, 3.8) is 0 Å². The van der Waals surface area contributed by atoms with E-state index in [9.17, 15) is 8.78 Å². The number of anilines is 2. The largest absolute Gasteiger partial charge is 0.480 e. The molecule has 0 aliphatic carbocycles. The SMILES string of the molecule is COc1nc(-c2cccc(-c3cccc(Nc4nc(C(F)F)nc5cc(CCl)cnc45)c3C)c2Cl)cnc1C1OCCO1. The highest BCUT2D eigenvalue weighted by atomic mass is 35.5. The average molecular weight is 625 g/mol. The van der Waals surface area contributed by atoms with Gasteiger partial charge in [0, 0.05) is 28.9 Å². The zero-order valence-electron chi connectivity index (χ0n) is 22.9. The normalized spacial score (nSPS) is 13.7. The Balaban J connectivity index is 1.38. The van der Waals surface area contributed by atoms with Crippen LogP contribution in [0.15, 0.2) is 54.9 Å². The van der Waals surface area contributed by atoms with Crippen molar-refractivity contribution in [2.75, 3.05) is 25.6 Å². The summed E-state index contributed by atoms with van der Waals surface area (Å²) in [6, 6.07) is 12.8. The number of halogens is 4. The summed E-state index contributed by atoms with van der Waals surface area (Å²) in [4.78, 5) is 21.6. The van der Waals surface area contributed by atoms with E-state index in [1.165, 1.54) is 7.11 Å². The topological polar surface area (TPSA) is 104 Å².